The molecule has 9 nitrogen and oxygen atoms in total. The standard InChI is InChI=1S/C15H11N3O6/c16-5-7-1-2-8-11-13(7)24-4-3-18(11)15(23)10(12(8)21)14(22)17-6-9(19)20/h1-2,21H,3-4,6H2,(H,17,22)(H,19,20). The van der Waals surface area contributed by atoms with Crippen LogP contribution in [0.1, 0.15) is 15.9 Å². The van der Waals surface area contributed by atoms with E-state index in [0.717, 1.165) is 0 Å². The maximum Gasteiger partial charge on any atom is 0.322 e. The molecule has 0 bridgehead atoms. The molecule has 3 N–H and O–H groups in total. The van der Waals surface area contributed by atoms with Gasteiger partial charge < -0.3 is 24.8 Å². The molecule has 3 rings (SSSR count). The Morgan fingerprint density at radius 3 is 2.83 bits per heavy atom. The molecule has 1 aliphatic heterocycles. The quantitative estimate of drug-likeness (QED) is 0.707. The van der Waals surface area contributed by atoms with Gasteiger partial charge in [0.25, 0.3) is 11.5 Å². The number of aromatic hydroxyl groups is 1. The lowest BCUT2D eigenvalue weighted by molar-refractivity contribution is -0.135. The third-order valence-electron chi connectivity index (χ3n) is 3.66. The van der Waals surface area contributed by atoms with E-state index in [-0.39, 0.29) is 35.4 Å². The lowest BCUT2D eigenvalue weighted by atomic mass is 10.0. The largest absolute Gasteiger partial charge is 0.506 e. The first-order valence-corrected chi connectivity index (χ1v) is 6.91. The summed E-state index contributed by atoms with van der Waals surface area (Å²) in [4.78, 5) is 35.2. The summed E-state index contributed by atoms with van der Waals surface area (Å²) in [5.41, 5.74) is -0.876. The minimum absolute atomic E-state index is 0.127. The zero-order valence-electron chi connectivity index (χ0n) is 12.2. The number of hydrogen-bond acceptors (Lipinski definition) is 6. The van der Waals surface area contributed by atoms with Crippen molar-refractivity contribution < 1.29 is 24.5 Å². The fourth-order valence-corrected chi connectivity index (χ4v) is 2.64. The number of carbonyl (C=O) groups is 2. The number of pyridine rings is 1. The number of nitrogens with zero attached hydrogens (tertiary/aromatic N) is 2. The molecule has 24 heavy (non-hydrogen) atoms. The summed E-state index contributed by atoms with van der Waals surface area (Å²) in [6.07, 6.45) is 0. The Bertz CT molecular complexity index is 986. The van der Waals surface area contributed by atoms with Gasteiger partial charge in [-0.25, -0.2) is 0 Å². The third-order valence-corrected chi connectivity index (χ3v) is 3.66. The van der Waals surface area contributed by atoms with E-state index in [2.05, 4.69) is 5.32 Å². The lowest BCUT2D eigenvalue weighted by Crippen LogP contribution is -2.37. The maximum absolute atomic E-state index is 12.6. The highest BCUT2D eigenvalue weighted by Crippen LogP contribution is 2.36. The molecular weight excluding hydrogens is 318 g/mol. The number of benzene rings is 1. The van der Waals surface area contributed by atoms with E-state index in [9.17, 15) is 19.5 Å². The second-order valence-corrected chi connectivity index (χ2v) is 5.06. The Kier molecular flexibility index (Phi) is 3.57. The molecule has 0 spiro atoms. The van der Waals surface area contributed by atoms with Crippen LogP contribution in [-0.2, 0) is 11.3 Å². The van der Waals surface area contributed by atoms with Crippen LogP contribution in [0, 0.1) is 11.3 Å². The Morgan fingerprint density at radius 2 is 2.17 bits per heavy atom. The normalized spacial score (nSPS) is 12.3. The molecule has 1 aliphatic rings. The Labute approximate surface area is 134 Å². The van der Waals surface area contributed by atoms with Crippen molar-refractivity contribution in [3.8, 4) is 17.6 Å². The van der Waals surface area contributed by atoms with E-state index in [4.69, 9.17) is 15.1 Å². The zero-order chi connectivity index (χ0) is 17.4. The van der Waals surface area contributed by atoms with E-state index >= 15 is 0 Å². The minimum atomic E-state index is -1.28. The van der Waals surface area contributed by atoms with Crippen LogP contribution < -0.4 is 15.6 Å². The molecule has 0 radical (unpaired) electrons. The number of carbonyl (C=O) groups excluding carboxylic acids is 1. The predicted octanol–water partition coefficient (Wildman–Crippen LogP) is -0.214. The van der Waals surface area contributed by atoms with Crippen molar-refractivity contribution >= 4 is 22.8 Å². The number of aromatic nitrogens is 1. The summed E-state index contributed by atoms with van der Waals surface area (Å²) in [7, 11) is 0. The van der Waals surface area contributed by atoms with Gasteiger partial charge >= 0.3 is 5.97 Å². The fraction of sp³-hybridized carbons (Fsp3) is 0.200. The summed E-state index contributed by atoms with van der Waals surface area (Å²) in [6, 6.07) is 4.76. The van der Waals surface area contributed by atoms with Crippen LogP contribution in [0.5, 0.6) is 11.5 Å². The first kappa shape index (κ1) is 15.4. The monoisotopic (exact) mass is 329 g/mol. The number of nitriles is 1. The zero-order valence-corrected chi connectivity index (χ0v) is 12.2. The average molecular weight is 329 g/mol. The average Bonchev–Trinajstić information content (AvgIpc) is 2.57. The first-order chi connectivity index (χ1) is 11.5. The topological polar surface area (TPSA) is 142 Å². The molecule has 0 aliphatic carbocycles. The summed E-state index contributed by atoms with van der Waals surface area (Å²) in [6.45, 7) is -0.421. The van der Waals surface area contributed by atoms with Gasteiger partial charge in [0, 0.05) is 5.39 Å². The van der Waals surface area contributed by atoms with Gasteiger partial charge in [-0.1, -0.05) is 0 Å². The van der Waals surface area contributed by atoms with Gasteiger partial charge in [0.15, 0.2) is 5.75 Å². The summed E-state index contributed by atoms with van der Waals surface area (Å²) in [5.74, 6) is -2.67. The van der Waals surface area contributed by atoms with Crippen LogP contribution in [0.2, 0.25) is 0 Å². The summed E-state index contributed by atoms with van der Waals surface area (Å²) < 4.78 is 6.68. The van der Waals surface area contributed by atoms with E-state index in [1.54, 1.807) is 0 Å². The molecule has 1 amide bonds. The van der Waals surface area contributed by atoms with Crippen molar-refractivity contribution in [3.05, 3.63) is 33.6 Å². The highest BCUT2D eigenvalue weighted by Gasteiger charge is 2.27. The van der Waals surface area contributed by atoms with Crippen LogP contribution >= 0.6 is 0 Å². The lowest BCUT2D eigenvalue weighted by Gasteiger charge is -2.22. The number of ether oxygens (including phenoxy) is 1. The Morgan fingerprint density at radius 1 is 1.42 bits per heavy atom. The number of carboxylic acid groups (broad SMARTS) is 1. The van der Waals surface area contributed by atoms with Gasteiger partial charge in [-0.3, -0.25) is 14.4 Å². The Hall–Kier alpha value is -3.54. The molecule has 0 unspecified atom stereocenters. The number of amides is 1. The molecule has 2 heterocycles. The molecule has 2 aromatic rings. The molecular formula is C15H11N3O6. The molecule has 0 saturated heterocycles. The minimum Gasteiger partial charge on any atom is -0.506 e. The van der Waals surface area contributed by atoms with Gasteiger partial charge in [0.2, 0.25) is 0 Å². The van der Waals surface area contributed by atoms with Gasteiger partial charge in [-0.15, -0.1) is 0 Å². The van der Waals surface area contributed by atoms with Gasteiger partial charge in [-0.2, -0.15) is 5.26 Å². The number of rotatable bonds is 3. The SMILES string of the molecule is N#Cc1ccc2c(O)c(C(=O)NCC(=O)O)c(=O)n3c2c1OCC3. The third kappa shape index (κ3) is 2.21. The second kappa shape index (κ2) is 5.58. The molecule has 1 aromatic carbocycles. The van der Waals surface area contributed by atoms with Crippen molar-refractivity contribution in [1.82, 2.24) is 9.88 Å². The number of nitrogens with one attached hydrogen (secondary N) is 1. The summed E-state index contributed by atoms with van der Waals surface area (Å²) in [5, 5.41) is 30.3. The van der Waals surface area contributed by atoms with E-state index in [1.165, 1.54) is 16.7 Å². The molecule has 1 aromatic heterocycles. The summed E-state index contributed by atoms with van der Waals surface area (Å²) >= 11 is 0. The predicted molar refractivity (Wildman–Crippen MR) is 80.1 cm³/mol. The van der Waals surface area contributed by atoms with Crippen molar-refractivity contribution in [2.75, 3.05) is 13.2 Å². The van der Waals surface area contributed by atoms with Crippen LogP contribution in [0.3, 0.4) is 0 Å². The van der Waals surface area contributed by atoms with Crippen LogP contribution in [0.25, 0.3) is 10.9 Å². The number of carboxylic acids is 1. The Balaban J connectivity index is 2.28. The molecule has 122 valence electrons. The van der Waals surface area contributed by atoms with Crippen LogP contribution in [0.15, 0.2) is 16.9 Å². The fourth-order valence-electron chi connectivity index (χ4n) is 2.64. The highest BCUT2D eigenvalue weighted by molar-refractivity contribution is 6.04. The van der Waals surface area contributed by atoms with Crippen molar-refractivity contribution in [1.29, 1.82) is 5.26 Å². The van der Waals surface area contributed by atoms with Crippen LogP contribution in [-0.4, -0.2) is 39.8 Å². The molecule has 0 fully saturated rings. The second-order valence-electron chi connectivity index (χ2n) is 5.06. The number of hydrogen-bond donors (Lipinski definition) is 3. The van der Waals surface area contributed by atoms with Gasteiger partial charge in [0.05, 0.1) is 17.6 Å². The van der Waals surface area contributed by atoms with Crippen molar-refractivity contribution in [2.24, 2.45) is 0 Å². The highest BCUT2D eigenvalue weighted by atomic mass is 16.5. The van der Waals surface area contributed by atoms with Gasteiger partial charge in [-0.05, 0) is 12.1 Å². The smallest absolute Gasteiger partial charge is 0.322 e. The van der Waals surface area contributed by atoms with E-state index in [1.807, 2.05) is 6.07 Å². The maximum atomic E-state index is 12.6. The van der Waals surface area contributed by atoms with E-state index in [0.29, 0.717) is 0 Å². The van der Waals surface area contributed by atoms with Crippen LogP contribution in [0.4, 0.5) is 0 Å². The first-order valence-electron chi connectivity index (χ1n) is 6.91. The van der Waals surface area contributed by atoms with E-state index < -0.39 is 35.3 Å². The molecule has 0 saturated carbocycles. The molecule has 9 heteroatoms. The van der Waals surface area contributed by atoms with Gasteiger partial charge in [0.1, 0.15) is 30.5 Å². The number of aliphatic carboxylic acids is 1. The molecule has 0 atom stereocenters. The van der Waals surface area contributed by atoms with Crippen molar-refractivity contribution in [3.63, 3.8) is 0 Å². The van der Waals surface area contributed by atoms with Crippen molar-refractivity contribution in [2.45, 2.75) is 6.54 Å².